The van der Waals surface area contributed by atoms with Gasteiger partial charge in [-0.2, -0.15) is 0 Å². The molecule has 2 nitrogen and oxygen atoms in total. The Hall–Kier alpha value is -1.09. The van der Waals surface area contributed by atoms with Crippen LogP contribution in [0.25, 0.3) is 0 Å². The van der Waals surface area contributed by atoms with E-state index in [4.69, 9.17) is 10.5 Å². The van der Waals surface area contributed by atoms with Crippen molar-refractivity contribution in [2.45, 2.75) is 51.7 Å². The summed E-state index contributed by atoms with van der Waals surface area (Å²) in [6.45, 7) is 4.02. The first kappa shape index (κ1) is 13.3. The van der Waals surface area contributed by atoms with Crippen LogP contribution < -0.4 is 10.5 Å². The number of hydrogen-bond donors (Lipinski definition) is 1. The summed E-state index contributed by atoms with van der Waals surface area (Å²) in [5.41, 5.74) is 6.23. The predicted molar refractivity (Wildman–Crippen MR) is 71.1 cm³/mol. The third-order valence-electron chi connectivity index (χ3n) is 3.65. The molecule has 3 atom stereocenters. The van der Waals surface area contributed by atoms with Crippen molar-refractivity contribution in [2.24, 2.45) is 11.7 Å². The van der Waals surface area contributed by atoms with Crippen LogP contribution in [-0.2, 0) is 0 Å². The van der Waals surface area contributed by atoms with Gasteiger partial charge >= 0.3 is 0 Å². The van der Waals surface area contributed by atoms with Crippen molar-refractivity contribution in [2.75, 3.05) is 0 Å². The Labute approximate surface area is 108 Å². The summed E-state index contributed by atoms with van der Waals surface area (Å²) >= 11 is 0. The highest BCUT2D eigenvalue weighted by Crippen LogP contribution is 2.28. The molecular weight excluding hydrogens is 229 g/mol. The zero-order valence-electron chi connectivity index (χ0n) is 11.2. The molecule has 1 fully saturated rings. The quantitative estimate of drug-likeness (QED) is 0.886. The summed E-state index contributed by atoms with van der Waals surface area (Å²) in [5.74, 6) is 1.05. The minimum absolute atomic E-state index is 0.231. The Morgan fingerprint density at radius 1 is 1.39 bits per heavy atom. The average Bonchev–Trinajstić information content (AvgIpc) is 2.28. The van der Waals surface area contributed by atoms with Gasteiger partial charge in [0.05, 0.1) is 6.10 Å². The molecule has 0 amide bonds. The molecule has 1 saturated carbocycles. The van der Waals surface area contributed by atoms with E-state index in [0.29, 0.717) is 17.2 Å². The summed E-state index contributed by atoms with van der Waals surface area (Å²) in [6, 6.07) is 4.72. The van der Waals surface area contributed by atoms with E-state index in [9.17, 15) is 4.39 Å². The molecule has 0 saturated heterocycles. The molecule has 18 heavy (non-hydrogen) atoms. The lowest BCUT2D eigenvalue weighted by Gasteiger charge is -2.27. The second kappa shape index (κ2) is 5.70. The Morgan fingerprint density at radius 3 is 2.78 bits per heavy atom. The molecule has 3 heteroatoms. The van der Waals surface area contributed by atoms with E-state index in [-0.39, 0.29) is 18.0 Å². The van der Waals surface area contributed by atoms with Gasteiger partial charge in [0, 0.05) is 17.7 Å². The lowest BCUT2D eigenvalue weighted by atomic mass is 9.89. The van der Waals surface area contributed by atoms with Crippen molar-refractivity contribution in [3.8, 4) is 5.75 Å². The van der Waals surface area contributed by atoms with E-state index >= 15 is 0 Å². The number of benzene rings is 1. The average molecular weight is 251 g/mol. The summed E-state index contributed by atoms with van der Waals surface area (Å²) < 4.78 is 19.6. The maximum absolute atomic E-state index is 13.8. The monoisotopic (exact) mass is 251 g/mol. The Kier molecular flexibility index (Phi) is 4.23. The van der Waals surface area contributed by atoms with E-state index in [0.717, 1.165) is 12.8 Å². The molecule has 2 rings (SSSR count). The van der Waals surface area contributed by atoms with Gasteiger partial charge < -0.3 is 10.5 Å². The van der Waals surface area contributed by atoms with Crippen molar-refractivity contribution in [3.63, 3.8) is 0 Å². The minimum atomic E-state index is -0.284. The maximum Gasteiger partial charge on any atom is 0.131 e. The van der Waals surface area contributed by atoms with Gasteiger partial charge in [0.15, 0.2) is 0 Å². The van der Waals surface area contributed by atoms with Gasteiger partial charge in [0.2, 0.25) is 0 Å². The van der Waals surface area contributed by atoms with Crippen LogP contribution in [0.5, 0.6) is 5.75 Å². The largest absolute Gasteiger partial charge is 0.490 e. The third kappa shape index (κ3) is 3.22. The molecule has 1 aromatic carbocycles. The highest BCUT2D eigenvalue weighted by Gasteiger charge is 2.20. The molecule has 0 heterocycles. The molecule has 0 aliphatic heterocycles. The molecular formula is C15H22FNO. The van der Waals surface area contributed by atoms with E-state index < -0.39 is 0 Å². The van der Waals surface area contributed by atoms with Crippen LogP contribution in [-0.4, -0.2) is 6.10 Å². The highest BCUT2D eigenvalue weighted by molar-refractivity contribution is 5.30. The molecule has 0 spiro atoms. The van der Waals surface area contributed by atoms with Gasteiger partial charge in [0.25, 0.3) is 0 Å². The lowest BCUT2D eigenvalue weighted by Crippen LogP contribution is -2.24. The molecule has 3 unspecified atom stereocenters. The van der Waals surface area contributed by atoms with Crippen molar-refractivity contribution in [1.82, 2.24) is 0 Å². The summed E-state index contributed by atoms with van der Waals surface area (Å²) in [6.07, 6.45) is 4.84. The molecule has 2 N–H and O–H groups in total. The summed E-state index contributed by atoms with van der Waals surface area (Å²) in [4.78, 5) is 0. The first-order chi connectivity index (χ1) is 8.56. The molecule has 1 aliphatic rings. The van der Waals surface area contributed by atoms with Gasteiger partial charge in [-0.3, -0.25) is 0 Å². The summed E-state index contributed by atoms with van der Waals surface area (Å²) in [7, 11) is 0. The number of halogens is 1. The van der Waals surface area contributed by atoms with Crippen molar-refractivity contribution < 1.29 is 9.13 Å². The molecule has 1 aliphatic carbocycles. The second-order valence-electron chi connectivity index (χ2n) is 5.48. The number of ether oxygens (including phenoxy) is 1. The standard InChI is InChI=1S/C15H22FNO/c1-10-4-3-5-12(8-10)18-13-6-7-14(11(2)17)15(16)9-13/h6-7,9-12H,3-5,8,17H2,1-2H3. The maximum atomic E-state index is 13.8. The van der Waals surface area contributed by atoms with E-state index in [2.05, 4.69) is 6.92 Å². The first-order valence-corrected chi connectivity index (χ1v) is 6.78. The Balaban J connectivity index is 2.03. The predicted octanol–water partition coefficient (Wildman–Crippen LogP) is 3.80. The first-order valence-electron chi connectivity index (χ1n) is 6.78. The normalized spacial score (nSPS) is 25.8. The molecule has 100 valence electrons. The van der Waals surface area contributed by atoms with Gasteiger partial charge in [-0.1, -0.05) is 19.4 Å². The fraction of sp³-hybridized carbons (Fsp3) is 0.600. The smallest absolute Gasteiger partial charge is 0.131 e. The fourth-order valence-corrected chi connectivity index (χ4v) is 2.63. The van der Waals surface area contributed by atoms with Crippen molar-refractivity contribution in [3.05, 3.63) is 29.6 Å². The SMILES string of the molecule is CC1CCCC(Oc2ccc(C(C)N)c(F)c2)C1. The van der Waals surface area contributed by atoms with E-state index in [1.807, 2.05) is 6.07 Å². The minimum Gasteiger partial charge on any atom is -0.490 e. The third-order valence-corrected chi connectivity index (χ3v) is 3.65. The zero-order valence-corrected chi connectivity index (χ0v) is 11.2. The van der Waals surface area contributed by atoms with Gasteiger partial charge in [0.1, 0.15) is 11.6 Å². The fourth-order valence-electron chi connectivity index (χ4n) is 2.63. The van der Waals surface area contributed by atoms with Crippen LogP contribution in [0.2, 0.25) is 0 Å². The van der Waals surface area contributed by atoms with E-state index in [1.54, 1.807) is 13.0 Å². The van der Waals surface area contributed by atoms with E-state index in [1.165, 1.54) is 18.9 Å². The summed E-state index contributed by atoms with van der Waals surface area (Å²) in [5, 5.41) is 0. The van der Waals surface area contributed by atoms with Crippen LogP contribution in [0, 0.1) is 11.7 Å². The van der Waals surface area contributed by atoms with Gasteiger partial charge in [-0.25, -0.2) is 4.39 Å². The molecule has 1 aromatic rings. The van der Waals surface area contributed by atoms with Crippen molar-refractivity contribution in [1.29, 1.82) is 0 Å². The second-order valence-corrected chi connectivity index (χ2v) is 5.48. The van der Waals surface area contributed by atoms with Gasteiger partial charge in [-0.15, -0.1) is 0 Å². The van der Waals surface area contributed by atoms with Crippen molar-refractivity contribution >= 4 is 0 Å². The molecule has 0 aromatic heterocycles. The zero-order chi connectivity index (χ0) is 13.1. The molecule has 0 bridgehead atoms. The Morgan fingerprint density at radius 2 is 2.17 bits per heavy atom. The number of nitrogens with two attached hydrogens (primary N) is 1. The number of hydrogen-bond acceptors (Lipinski definition) is 2. The highest BCUT2D eigenvalue weighted by atomic mass is 19.1. The van der Waals surface area contributed by atoms with Crippen LogP contribution in [0.4, 0.5) is 4.39 Å². The van der Waals surface area contributed by atoms with Crippen LogP contribution in [0.3, 0.4) is 0 Å². The van der Waals surface area contributed by atoms with Gasteiger partial charge in [-0.05, 0) is 38.2 Å². The number of rotatable bonds is 3. The van der Waals surface area contributed by atoms with Crippen LogP contribution in [0.1, 0.15) is 51.1 Å². The topological polar surface area (TPSA) is 35.2 Å². The lowest BCUT2D eigenvalue weighted by molar-refractivity contribution is 0.129. The van der Waals surface area contributed by atoms with Crippen LogP contribution in [0.15, 0.2) is 18.2 Å². The Bertz CT molecular complexity index is 405. The van der Waals surface area contributed by atoms with Crippen LogP contribution >= 0.6 is 0 Å². The molecule has 0 radical (unpaired) electrons.